The van der Waals surface area contributed by atoms with E-state index in [1.54, 1.807) is 7.11 Å². The molecule has 0 radical (unpaired) electrons. The van der Waals surface area contributed by atoms with Crippen LogP contribution in [-0.4, -0.2) is 7.11 Å². The van der Waals surface area contributed by atoms with Gasteiger partial charge < -0.3 is 10.1 Å². The summed E-state index contributed by atoms with van der Waals surface area (Å²) in [5, 5.41) is 3.20. The zero-order chi connectivity index (χ0) is 11.3. The van der Waals surface area contributed by atoms with Gasteiger partial charge in [0.05, 0.1) is 7.11 Å². The summed E-state index contributed by atoms with van der Waals surface area (Å²) < 4.78 is 5.08. The van der Waals surface area contributed by atoms with Crippen molar-refractivity contribution in [3.8, 4) is 5.75 Å². The van der Waals surface area contributed by atoms with Crippen LogP contribution < -0.4 is 10.1 Å². The van der Waals surface area contributed by atoms with E-state index in [1.807, 2.05) is 31.2 Å². The van der Waals surface area contributed by atoms with Gasteiger partial charge in [-0.15, -0.1) is 0 Å². The van der Waals surface area contributed by atoms with Gasteiger partial charge in [-0.2, -0.15) is 0 Å². The Balaban J connectivity index is 2.51. The van der Waals surface area contributed by atoms with Gasteiger partial charge in [0.25, 0.3) is 0 Å². The first-order chi connectivity index (χ1) is 7.13. The SMILES string of the molecule is C=C(C)C(=C)NCc1ccc(OC)cc1. The zero-order valence-corrected chi connectivity index (χ0v) is 9.34. The third-order valence-corrected chi connectivity index (χ3v) is 2.18. The lowest BCUT2D eigenvalue weighted by molar-refractivity contribution is 0.414. The van der Waals surface area contributed by atoms with Gasteiger partial charge in [0.1, 0.15) is 5.75 Å². The van der Waals surface area contributed by atoms with Crippen molar-refractivity contribution >= 4 is 0 Å². The molecule has 1 N–H and O–H groups in total. The van der Waals surface area contributed by atoms with Crippen LogP contribution in [0.4, 0.5) is 0 Å². The number of hydrogen-bond donors (Lipinski definition) is 1. The van der Waals surface area contributed by atoms with E-state index in [4.69, 9.17) is 4.74 Å². The fraction of sp³-hybridized carbons (Fsp3) is 0.231. The maximum absolute atomic E-state index is 5.08. The molecule has 0 aromatic heterocycles. The van der Waals surface area contributed by atoms with Crippen LogP contribution in [0.2, 0.25) is 0 Å². The van der Waals surface area contributed by atoms with Crippen molar-refractivity contribution in [3.63, 3.8) is 0 Å². The average Bonchev–Trinajstić information content (AvgIpc) is 2.26. The molecule has 0 aliphatic rings. The molecule has 0 fully saturated rings. The van der Waals surface area contributed by atoms with Crippen molar-refractivity contribution in [2.75, 3.05) is 7.11 Å². The van der Waals surface area contributed by atoms with E-state index in [2.05, 4.69) is 18.5 Å². The number of hydrogen-bond acceptors (Lipinski definition) is 2. The highest BCUT2D eigenvalue weighted by Crippen LogP contribution is 2.11. The lowest BCUT2D eigenvalue weighted by atomic mass is 10.2. The molecule has 1 rings (SSSR count). The topological polar surface area (TPSA) is 21.3 Å². The Labute approximate surface area is 91.3 Å². The third kappa shape index (κ3) is 3.50. The zero-order valence-electron chi connectivity index (χ0n) is 9.34. The monoisotopic (exact) mass is 203 g/mol. The molecule has 1 aromatic carbocycles. The molecule has 0 aliphatic heterocycles. The van der Waals surface area contributed by atoms with Gasteiger partial charge in [0.15, 0.2) is 0 Å². The molecule has 0 atom stereocenters. The van der Waals surface area contributed by atoms with E-state index < -0.39 is 0 Å². The molecule has 0 aliphatic carbocycles. The van der Waals surface area contributed by atoms with Crippen LogP contribution >= 0.6 is 0 Å². The minimum absolute atomic E-state index is 0.760. The van der Waals surface area contributed by atoms with Crippen LogP contribution in [0.15, 0.2) is 48.7 Å². The second-order valence-corrected chi connectivity index (χ2v) is 3.46. The van der Waals surface area contributed by atoms with Gasteiger partial charge in [-0.3, -0.25) is 0 Å². The van der Waals surface area contributed by atoms with E-state index in [0.717, 1.165) is 23.6 Å². The van der Waals surface area contributed by atoms with E-state index in [-0.39, 0.29) is 0 Å². The lowest BCUT2D eigenvalue weighted by Gasteiger charge is -2.09. The van der Waals surface area contributed by atoms with Crippen LogP contribution in [0.3, 0.4) is 0 Å². The van der Waals surface area contributed by atoms with Gasteiger partial charge in [0, 0.05) is 12.2 Å². The highest BCUT2D eigenvalue weighted by Gasteiger charge is 1.96. The normalized spacial score (nSPS) is 9.47. The van der Waals surface area contributed by atoms with Gasteiger partial charge in [0.2, 0.25) is 0 Å². The van der Waals surface area contributed by atoms with Crippen molar-refractivity contribution in [2.45, 2.75) is 13.5 Å². The van der Waals surface area contributed by atoms with E-state index in [9.17, 15) is 0 Å². The summed E-state index contributed by atoms with van der Waals surface area (Å²) in [4.78, 5) is 0. The molecule has 0 saturated heterocycles. The molecule has 1 aromatic rings. The summed E-state index contributed by atoms with van der Waals surface area (Å²) in [7, 11) is 1.66. The molecule has 0 amide bonds. The first-order valence-corrected chi connectivity index (χ1v) is 4.85. The molecule has 0 unspecified atom stereocenters. The van der Waals surface area contributed by atoms with Gasteiger partial charge in [-0.25, -0.2) is 0 Å². The molecule has 15 heavy (non-hydrogen) atoms. The molecule has 0 saturated carbocycles. The predicted molar refractivity (Wildman–Crippen MR) is 63.8 cm³/mol. The van der Waals surface area contributed by atoms with Gasteiger partial charge >= 0.3 is 0 Å². The van der Waals surface area contributed by atoms with Crippen molar-refractivity contribution < 1.29 is 4.74 Å². The Hall–Kier alpha value is -1.70. The fourth-order valence-electron chi connectivity index (χ4n) is 1.10. The maximum Gasteiger partial charge on any atom is 0.118 e. The molecule has 0 spiro atoms. The average molecular weight is 203 g/mol. The van der Waals surface area contributed by atoms with Crippen LogP contribution in [0.25, 0.3) is 0 Å². The molecule has 0 heterocycles. The number of allylic oxidation sites excluding steroid dienone is 1. The summed E-state index contributed by atoms with van der Waals surface area (Å²) in [5.41, 5.74) is 3.03. The second-order valence-electron chi connectivity index (χ2n) is 3.46. The smallest absolute Gasteiger partial charge is 0.118 e. The van der Waals surface area contributed by atoms with E-state index >= 15 is 0 Å². The van der Waals surface area contributed by atoms with Crippen LogP contribution in [0.1, 0.15) is 12.5 Å². The standard InChI is InChI=1S/C13H17NO/c1-10(2)11(3)14-9-12-5-7-13(15-4)8-6-12/h5-8,14H,1,3,9H2,2,4H3. The van der Waals surface area contributed by atoms with Crippen molar-refractivity contribution in [3.05, 3.63) is 54.3 Å². The second kappa shape index (κ2) is 5.25. The summed E-state index contributed by atoms with van der Waals surface area (Å²) in [5.74, 6) is 0.873. The first kappa shape index (κ1) is 11.4. The summed E-state index contributed by atoms with van der Waals surface area (Å²) in [6.45, 7) is 10.4. The maximum atomic E-state index is 5.08. The minimum Gasteiger partial charge on any atom is -0.497 e. The molecule has 2 heteroatoms. The molecule has 80 valence electrons. The molecule has 2 nitrogen and oxygen atoms in total. The number of methoxy groups -OCH3 is 1. The Bertz CT molecular complexity index is 351. The van der Waals surface area contributed by atoms with E-state index in [1.165, 1.54) is 5.56 Å². The van der Waals surface area contributed by atoms with Crippen molar-refractivity contribution in [1.82, 2.24) is 5.32 Å². The Morgan fingerprint density at radius 1 is 1.27 bits per heavy atom. The van der Waals surface area contributed by atoms with Crippen molar-refractivity contribution in [2.24, 2.45) is 0 Å². The van der Waals surface area contributed by atoms with Crippen molar-refractivity contribution in [1.29, 1.82) is 0 Å². The lowest BCUT2D eigenvalue weighted by Crippen LogP contribution is -2.12. The number of ether oxygens (including phenoxy) is 1. The Morgan fingerprint density at radius 3 is 2.33 bits per heavy atom. The quantitative estimate of drug-likeness (QED) is 0.743. The predicted octanol–water partition coefficient (Wildman–Crippen LogP) is 2.87. The Kier molecular flexibility index (Phi) is 3.98. The molecular weight excluding hydrogens is 186 g/mol. The number of benzene rings is 1. The van der Waals surface area contributed by atoms with Crippen LogP contribution in [-0.2, 0) is 6.54 Å². The van der Waals surface area contributed by atoms with Crippen LogP contribution in [0, 0.1) is 0 Å². The first-order valence-electron chi connectivity index (χ1n) is 4.85. The Morgan fingerprint density at radius 2 is 1.87 bits per heavy atom. The highest BCUT2D eigenvalue weighted by atomic mass is 16.5. The van der Waals surface area contributed by atoms with E-state index in [0.29, 0.717) is 0 Å². The highest BCUT2D eigenvalue weighted by molar-refractivity contribution is 5.28. The third-order valence-electron chi connectivity index (χ3n) is 2.18. The van der Waals surface area contributed by atoms with Crippen LogP contribution in [0.5, 0.6) is 5.75 Å². The molecular formula is C13H17NO. The molecule has 0 bridgehead atoms. The number of rotatable bonds is 5. The summed E-state index contributed by atoms with van der Waals surface area (Å²) in [6, 6.07) is 7.94. The summed E-state index contributed by atoms with van der Waals surface area (Å²) >= 11 is 0. The largest absolute Gasteiger partial charge is 0.497 e. The summed E-state index contributed by atoms with van der Waals surface area (Å²) in [6.07, 6.45) is 0. The fourth-order valence-corrected chi connectivity index (χ4v) is 1.10. The van der Waals surface area contributed by atoms with Gasteiger partial charge in [-0.1, -0.05) is 25.3 Å². The van der Waals surface area contributed by atoms with Gasteiger partial charge in [-0.05, 0) is 30.2 Å². The number of nitrogens with one attached hydrogen (secondary N) is 1. The minimum atomic E-state index is 0.760.